The second kappa shape index (κ2) is 12.4. The normalized spacial score (nSPS) is 13.0. The average molecular weight is 717 g/mol. The molecule has 0 N–H and O–H groups in total. The van der Waals surface area contributed by atoms with E-state index < -0.39 is 0 Å². The standard InChI is InChI=1S/C52H36N4/c1-52(2)43-26-13-11-24-41(43)45-39-22-9-10-23-40(39)46-42-25-12-14-27-44(42)56(48(46)47(45)52)51-54-49(36-30-28-35(29-31-36)33-16-5-3-6-17-33)53-50(55-51)38-21-15-20-37(32-38)34-18-7-4-8-19-34/h3-32H,1-2H3. The van der Waals surface area contributed by atoms with Gasteiger partial charge in [0, 0.05) is 27.3 Å². The quantitative estimate of drug-likeness (QED) is 0.178. The van der Waals surface area contributed by atoms with Gasteiger partial charge in [-0.3, -0.25) is 4.57 Å². The van der Waals surface area contributed by atoms with Gasteiger partial charge in [-0.1, -0.05) is 184 Å². The summed E-state index contributed by atoms with van der Waals surface area (Å²) in [6.07, 6.45) is 0. The van der Waals surface area contributed by atoms with Crippen molar-refractivity contribution in [2.75, 3.05) is 0 Å². The maximum absolute atomic E-state index is 5.42. The molecular formula is C52H36N4. The van der Waals surface area contributed by atoms with Crippen molar-refractivity contribution in [3.8, 4) is 62.1 Å². The average Bonchev–Trinajstić information content (AvgIpc) is 3.73. The molecule has 264 valence electrons. The maximum atomic E-state index is 5.42. The van der Waals surface area contributed by atoms with Crippen LogP contribution in [0.3, 0.4) is 0 Å². The predicted octanol–water partition coefficient (Wildman–Crippen LogP) is 13.1. The summed E-state index contributed by atoms with van der Waals surface area (Å²) in [5, 5.41) is 4.89. The number of fused-ring (bicyclic) bond motifs is 10. The van der Waals surface area contributed by atoms with Crippen molar-refractivity contribution < 1.29 is 0 Å². The molecule has 10 aromatic rings. The minimum Gasteiger partial charge on any atom is -0.277 e. The number of rotatable bonds is 5. The fourth-order valence-electron chi connectivity index (χ4n) is 9.03. The molecule has 4 heteroatoms. The van der Waals surface area contributed by atoms with Crippen LogP contribution in [-0.4, -0.2) is 19.5 Å². The van der Waals surface area contributed by atoms with Crippen LogP contribution in [0.4, 0.5) is 0 Å². The molecule has 56 heavy (non-hydrogen) atoms. The third kappa shape index (κ3) is 4.89. The van der Waals surface area contributed by atoms with Crippen molar-refractivity contribution >= 4 is 32.6 Å². The van der Waals surface area contributed by atoms with Gasteiger partial charge in [0.1, 0.15) is 0 Å². The van der Waals surface area contributed by atoms with Crippen LogP contribution in [0.1, 0.15) is 25.0 Å². The molecule has 0 amide bonds. The number of benzene rings is 8. The first-order valence-corrected chi connectivity index (χ1v) is 19.2. The van der Waals surface area contributed by atoms with E-state index in [1.54, 1.807) is 0 Å². The van der Waals surface area contributed by atoms with Gasteiger partial charge in [0.05, 0.1) is 11.0 Å². The van der Waals surface area contributed by atoms with Crippen molar-refractivity contribution in [2.24, 2.45) is 0 Å². The van der Waals surface area contributed by atoms with Gasteiger partial charge in [-0.05, 0) is 67.4 Å². The molecule has 0 saturated heterocycles. The molecule has 0 fully saturated rings. The Morgan fingerprint density at radius 2 is 0.964 bits per heavy atom. The zero-order valence-corrected chi connectivity index (χ0v) is 31.1. The van der Waals surface area contributed by atoms with E-state index >= 15 is 0 Å². The zero-order chi connectivity index (χ0) is 37.4. The Morgan fingerprint density at radius 3 is 1.71 bits per heavy atom. The fraction of sp³-hybridized carbons (Fsp3) is 0.0577. The molecule has 2 aromatic heterocycles. The van der Waals surface area contributed by atoms with Crippen LogP contribution in [0.15, 0.2) is 182 Å². The highest BCUT2D eigenvalue weighted by molar-refractivity contribution is 6.26. The van der Waals surface area contributed by atoms with E-state index in [1.165, 1.54) is 49.4 Å². The van der Waals surface area contributed by atoms with Crippen molar-refractivity contribution in [3.05, 3.63) is 193 Å². The summed E-state index contributed by atoms with van der Waals surface area (Å²) in [7, 11) is 0. The first-order chi connectivity index (χ1) is 27.5. The molecular weight excluding hydrogens is 681 g/mol. The minimum absolute atomic E-state index is 0.281. The molecule has 1 aliphatic carbocycles. The molecule has 0 bridgehead atoms. The number of hydrogen-bond acceptors (Lipinski definition) is 3. The zero-order valence-electron chi connectivity index (χ0n) is 31.1. The fourth-order valence-corrected chi connectivity index (χ4v) is 9.03. The first kappa shape index (κ1) is 32.3. The Bertz CT molecular complexity index is 3140. The lowest BCUT2D eigenvalue weighted by atomic mass is 9.80. The Morgan fingerprint density at radius 1 is 0.429 bits per heavy atom. The van der Waals surface area contributed by atoms with Crippen molar-refractivity contribution in [3.63, 3.8) is 0 Å². The summed E-state index contributed by atoms with van der Waals surface area (Å²) >= 11 is 0. The van der Waals surface area contributed by atoms with Gasteiger partial charge in [-0.15, -0.1) is 0 Å². The van der Waals surface area contributed by atoms with E-state index in [2.05, 4.69) is 188 Å². The minimum atomic E-state index is -0.281. The Labute approximate surface area is 325 Å². The van der Waals surface area contributed by atoms with Crippen LogP contribution in [0, 0.1) is 0 Å². The van der Waals surface area contributed by atoms with E-state index in [4.69, 9.17) is 15.0 Å². The molecule has 0 unspecified atom stereocenters. The van der Waals surface area contributed by atoms with Gasteiger partial charge in [0.25, 0.3) is 0 Å². The molecule has 0 aliphatic heterocycles. The second-order valence-electron chi connectivity index (χ2n) is 15.2. The Hall–Kier alpha value is -7.17. The molecule has 4 nitrogen and oxygen atoms in total. The van der Waals surface area contributed by atoms with Crippen LogP contribution >= 0.6 is 0 Å². The van der Waals surface area contributed by atoms with Crippen LogP contribution in [0.25, 0.3) is 94.7 Å². The summed E-state index contributed by atoms with van der Waals surface area (Å²) in [5.74, 6) is 1.85. The van der Waals surface area contributed by atoms with Crippen LogP contribution in [0.5, 0.6) is 0 Å². The lowest BCUT2D eigenvalue weighted by Crippen LogP contribution is -2.17. The largest absolute Gasteiger partial charge is 0.277 e. The lowest BCUT2D eigenvalue weighted by molar-refractivity contribution is 0.663. The van der Waals surface area contributed by atoms with Gasteiger partial charge in [0.2, 0.25) is 5.95 Å². The summed E-state index contributed by atoms with van der Waals surface area (Å²) in [5.41, 5.74) is 13.6. The van der Waals surface area contributed by atoms with Crippen molar-refractivity contribution in [1.29, 1.82) is 0 Å². The van der Waals surface area contributed by atoms with E-state index in [0.29, 0.717) is 17.6 Å². The van der Waals surface area contributed by atoms with E-state index in [9.17, 15) is 0 Å². The van der Waals surface area contributed by atoms with Crippen LogP contribution in [0.2, 0.25) is 0 Å². The topological polar surface area (TPSA) is 43.6 Å². The highest BCUT2D eigenvalue weighted by atomic mass is 15.2. The third-order valence-corrected chi connectivity index (χ3v) is 11.6. The number of hydrogen-bond donors (Lipinski definition) is 0. The third-order valence-electron chi connectivity index (χ3n) is 11.6. The highest BCUT2D eigenvalue weighted by Crippen LogP contribution is 2.56. The first-order valence-electron chi connectivity index (χ1n) is 19.2. The number of nitrogens with zero attached hydrogens (tertiary/aromatic N) is 4. The molecule has 2 heterocycles. The van der Waals surface area contributed by atoms with Crippen molar-refractivity contribution in [1.82, 2.24) is 19.5 Å². The SMILES string of the molecule is CC1(C)c2ccccc2-c2c1c1c(c3ccccc23)c2ccccc2n1-c1nc(-c2ccc(-c3ccccc3)cc2)nc(-c2cccc(-c3ccccc3)c2)n1. The summed E-state index contributed by atoms with van der Waals surface area (Å²) in [4.78, 5) is 16.0. The molecule has 0 atom stereocenters. The van der Waals surface area contributed by atoms with E-state index in [1.807, 2.05) is 12.1 Å². The highest BCUT2D eigenvalue weighted by Gasteiger charge is 2.40. The van der Waals surface area contributed by atoms with Crippen LogP contribution in [-0.2, 0) is 5.41 Å². The predicted molar refractivity (Wildman–Crippen MR) is 231 cm³/mol. The van der Waals surface area contributed by atoms with Crippen molar-refractivity contribution in [2.45, 2.75) is 19.3 Å². The molecule has 11 rings (SSSR count). The van der Waals surface area contributed by atoms with Gasteiger partial charge in [0.15, 0.2) is 11.6 Å². The lowest BCUT2D eigenvalue weighted by Gasteiger charge is -2.24. The molecule has 1 aliphatic rings. The molecule has 0 saturated carbocycles. The van der Waals surface area contributed by atoms with E-state index in [0.717, 1.165) is 38.9 Å². The second-order valence-corrected chi connectivity index (χ2v) is 15.2. The number of aromatic nitrogens is 4. The van der Waals surface area contributed by atoms with Gasteiger partial charge < -0.3 is 0 Å². The maximum Gasteiger partial charge on any atom is 0.238 e. The molecule has 0 radical (unpaired) electrons. The number of para-hydroxylation sites is 1. The smallest absolute Gasteiger partial charge is 0.238 e. The molecule has 0 spiro atoms. The monoisotopic (exact) mass is 716 g/mol. The summed E-state index contributed by atoms with van der Waals surface area (Å²) in [6.45, 7) is 4.73. The van der Waals surface area contributed by atoms with E-state index in [-0.39, 0.29) is 5.41 Å². The summed E-state index contributed by atoms with van der Waals surface area (Å²) in [6, 6.07) is 64.5. The molecule has 8 aromatic carbocycles. The van der Waals surface area contributed by atoms with Gasteiger partial charge >= 0.3 is 0 Å². The van der Waals surface area contributed by atoms with Gasteiger partial charge in [-0.25, -0.2) is 4.98 Å². The van der Waals surface area contributed by atoms with Gasteiger partial charge in [-0.2, -0.15) is 9.97 Å². The Balaban J connectivity index is 1.23. The van der Waals surface area contributed by atoms with Crippen LogP contribution < -0.4 is 0 Å². The summed E-state index contributed by atoms with van der Waals surface area (Å²) < 4.78 is 2.32. The Kier molecular flexibility index (Phi) is 7.17.